The summed E-state index contributed by atoms with van der Waals surface area (Å²) >= 11 is 2.61. The number of amides is 1. The molecule has 1 N–H and O–H groups in total. The van der Waals surface area contributed by atoms with Crippen LogP contribution in [0, 0.1) is 0 Å². The van der Waals surface area contributed by atoms with Gasteiger partial charge in [0.2, 0.25) is 5.88 Å². The van der Waals surface area contributed by atoms with Crippen LogP contribution >= 0.6 is 22.7 Å². The van der Waals surface area contributed by atoms with Crippen LogP contribution in [-0.2, 0) is 30.8 Å². The summed E-state index contributed by atoms with van der Waals surface area (Å²) in [5.41, 5.74) is 0.959. The minimum atomic E-state index is -3.56. The van der Waals surface area contributed by atoms with Crippen LogP contribution in [0.25, 0.3) is 10.3 Å². The van der Waals surface area contributed by atoms with E-state index in [-0.39, 0.29) is 29.9 Å². The summed E-state index contributed by atoms with van der Waals surface area (Å²) in [6.45, 7) is 2.50. The summed E-state index contributed by atoms with van der Waals surface area (Å²) in [4.78, 5) is 35.1. The molecule has 3 aromatic heterocycles. The highest BCUT2D eigenvalue weighted by Gasteiger charge is 2.31. The monoisotopic (exact) mass is 628 g/mol. The normalized spacial score (nSPS) is 19.8. The van der Waals surface area contributed by atoms with Crippen molar-refractivity contribution in [3.8, 4) is 5.88 Å². The number of rotatable bonds is 10. The number of sulfone groups is 1. The van der Waals surface area contributed by atoms with Crippen molar-refractivity contribution in [3.05, 3.63) is 58.5 Å². The highest BCUT2D eigenvalue weighted by Crippen LogP contribution is 2.28. The lowest BCUT2D eigenvalue weighted by Crippen LogP contribution is -2.25. The second-order valence-electron chi connectivity index (χ2n) is 9.93. The summed E-state index contributed by atoms with van der Waals surface area (Å²) in [7, 11) is -1.50. The smallest absolute Gasteiger partial charge is 0.280 e. The van der Waals surface area contributed by atoms with Gasteiger partial charge in [0.1, 0.15) is 21.5 Å². The number of hydrogen-bond donors (Lipinski definition) is 1. The predicted molar refractivity (Wildman–Crippen MR) is 159 cm³/mol. The topological polar surface area (TPSA) is 145 Å². The Labute approximate surface area is 250 Å². The van der Waals surface area contributed by atoms with Gasteiger partial charge in [-0.2, -0.15) is 0 Å². The van der Waals surface area contributed by atoms with Crippen molar-refractivity contribution in [3.63, 3.8) is 0 Å². The number of hydrogen-bond acceptors (Lipinski definition) is 13. The molecule has 6 rings (SSSR count). The van der Waals surface area contributed by atoms with Gasteiger partial charge in [-0.05, 0) is 38.1 Å². The second kappa shape index (κ2) is 12.4. The number of carbonyl (C=O) groups is 1. The van der Waals surface area contributed by atoms with Crippen LogP contribution in [0.4, 0.5) is 5.13 Å². The van der Waals surface area contributed by atoms with Crippen molar-refractivity contribution in [1.29, 1.82) is 0 Å². The van der Waals surface area contributed by atoms with Crippen LogP contribution < -0.4 is 10.1 Å². The molecule has 0 spiro atoms. The van der Waals surface area contributed by atoms with E-state index >= 15 is 0 Å². The summed E-state index contributed by atoms with van der Waals surface area (Å²) in [5, 5.41) is 9.14. The molecule has 15 heteroatoms. The van der Waals surface area contributed by atoms with Crippen molar-refractivity contribution < 1.29 is 27.5 Å². The second-order valence-corrected chi connectivity index (χ2v) is 14.1. The number of aromatic nitrogens is 3. The molecule has 2 atom stereocenters. The minimum absolute atomic E-state index is 0.0405. The van der Waals surface area contributed by atoms with Crippen LogP contribution in [0.2, 0.25) is 0 Å². The molecule has 2 fully saturated rings. The van der Waals surface area contributed by atoms with Crippen LogP contribution in [0.3, 0.4) is 0 Å². The number of likely N-dealkylation sites (N-methyl/N-ethyl adjacent to an activating group) is 1. The van der Waals surface area contributed by atoms with Crippen molar-refractivity contribution in [2.24, 2.45) is 5.16 Å². The number of fused-ring (bicyclic) bond motifs is 1. The number of likely N-dealkylation sites (tertiary alicyclic amines) is 1. The summed E-state index contributed by atoms with van der Waals surface area (Å²) in [6, 6.07) is 9.60. The van der Waals surface area contributed by atoms with Crippen LogP contribution in [-0.4, -0.2) is 84.6 Å². The fourth-order valence-electron chi connectivity index (χ4n) is 4.69. The van der Waals surface area contributed by atoms with Gasteiger partial charge < -0.3 is 19.2 Å². The Kier molecular flexibility index (Phi) is 8.44. The van der Waals surface area contributed by atoms with Crippen molar-refractivity contribution in [2.75, 3.05) is 38.7 Å². The lowest BCUT2D eigenvalue weighted by atomic mass is 10.1. The van der Waals surface area contributed by atoms with Gasteiger partial charge in [0.05, 0.1) is 16.8 Å². The van der Waals surface area contributed by atoms with Gasteiger partial charge in [-0.25, -0.2) is 23.4 Å². The third-order valence-corrected chi connectivity index (χ3v) is 10.7. The Bertz CT molecular complexity index is 1680. The van der Waals surface area contributed by atoms with Crippen LogP contribution in [0.5, 0.6) is 5.88 Å². The lowest BCUT2D eigenvalue weighted by molar-refractivity contribution is -0.110. The summed E-state index contributed by atoms with van der Waals surface area (Å²) in [6.07, 6.45) is 3.13. The standard InChI is InChI=1S/C27H28N6O6S3/c1-33-11-8-18(14-33)39-22-7-6-21-26(30-22)41-27(29-21)31-25(34)24(32-38-16-23-28-10-13-40-23)17-2-4-19(5-3-17)42(35,36)20-9-12-37-15-20/h2-7,10,13,18,20H,8-9,11-12,14-16H2,1H3,(H,29,31,34)/t18-,20+/m1/s1. The van der Waals surface area contributed by atoms with Gasteiger partial charge in [-0.15, -0.1) is 11.3 Å². The maximum atomic E-state index is 13.4. The van der Waals surface area contributed by atoms with E-state index in [1.54, 1.807) is 12.3 Å². The zero-order chi connectivity index (χ0) is 29.1. The maximum absolute atomic E-state index is 13.4. The number of nitrogens with zero attached hydrogens (tertiary/aromatic N) is 5. The molecule has 5 heterocycles. The van der Waals surface area contributed by atoms with E-state index in [4.69, 9.17) is 14.3 Å². The number of nitrogens with one attached hydrogen (secondary N) is 1. The third kappa shape index (κ3) is 6.44. The summed E-state index contributed by atoms with van der Waals surface area (Å²) < 4.78 is 37.2. The zero-order valence-electron chi connectivity index (χ0n) is 22.6. The minimum Gasteiger partial charge on any atom is -0.473 e. The van der Waals surface area contributed by atoms with Gasteiger partial charge in [0, 0.05) is 42.9 Å². The van der Waals surface area contributed by atoms with E-state index in [2.05, 4.69) is 37.4 Å². The van der Waals surface area contributed by atoms with Gasteiger partial charge >= 0.3 is 0 Å². The molecule has 42 heavy (non-hydrogen) atoms. The van der Waals surface area contributed by atoms with Crippen LogP contribution in [0.15, 0.2) is 58.0 Å². The van der Waals surface area contributed by atoms with E-state index in [1.807, 2.05) is 11.4 Å². The van der Waals surface area contributed by atoms with E-state index < -0.39 is 21.0 Å². The highest BCUT2D eigenvalue weighted by molar-refractivity contribution is 7.92. The van der Waals surface area contributed by atoms with Gasteiger partial charge in [0.25, 0.3) is 5.91 Å². The number of anilines is 1. The number of thiazole rings is 2. The SMILES string of the molecule is CN1CC[C@@H](Oc2ccc3nc(NC(=O)C(=NOCc4nccs4)c4ccc(S(=O)(=O)[C@H]5CCOC5)cc4)sc3n2)C1. The first-order valence-corrected chi connectivity index (χ1v) is 16.5. The molecular formula is C27H28N6O6S3. The van der Waals surface area contributed by atoms with E-state index in [9.17, 15) is 13.2 Å². The van der Waals surface area contributed by atoms with Crippen LogP contribution in [0.1, 0.15) is 23.4 Å². The molecule has 0 saturated carbocycles. The first-order chi connectivity index (χ1) is 20.3. The summed E-state index contributed by atoms with van der Waals surface area (Å²) in [5.74, 6) is -0.0557. The van der Waals surface area contributed by atoms with Gasteiger partial charge in [-0.1, -0.05) is 28.6 Å². The van der Waals surface area contributed by atoms with Crippen molar-refractivity contribution in [1.82, 2.24) is 19.9 Å². The van der Waals surface area contributed by atoms with Crippen molar-refractivity contribution in [2.45, 2.75) is 35.7 Å². The average molecular weight is 629 g/mol. The van der Waals surface area contributed by atoms with E-state index in [1.165, 1.54) is 46.9 Å². The molecule has 220 valence electrons. The molecule has 0 radical (unpaired) electrons. The molecule has 2 aliphatic heterocycles. The molecule has 1 aromatic carbocycles. The maximum Gasteiger partial charge on any atom is 0.280 e. The molecule has 0 unspecified atom stereocenters. The number of benzene rings is 1. The quantitative estimate of drug-likeness (QED) is 0.205. The number of carbonyl (C=O) groups excluding carboxylic acids is 1. The Balaban J connectivity index is 1.21. The fraction of sp³-hybridized carbons (Fsp3) is 0.370. The fourth-order valence-corrected chi connectivity index (χ4v) is 7.62. The molecule has 2 aliphatic rings. The molecule has 1 amide bonds. The number of oxime groups is 1. The molecular weight excluding hydrogens is 601 g/mol. The molecule has 0 aliphatic carbocycles. The molecule has 2 saturated heterocycles. The largest absolute Gasteiger partial charge is 0.473 e. The Morgan fingerprint density at radius 3 is 2.76 bits per heavy atom. The Morgan fingerprint density at radius 2 is 2.05 bits per heavy atom. The molecule has 0 bridgehead atoms. The third-order valence-electron chi connectivity index (χ3n) is 6.91. The zero-order valence-corrected chi connectivity index (χ0v) is 25.1. The Hall–Kier alpha value is -3.50. The lowest BCUT2D eigenvalue weighted by Gasteiger charge is -2.12. The van der Waals surface area contributed by atoms with Gasteiger partial charge in [0.15, 0.2) is 27.3 Å². The van der Waals surface area contributed by atoms with Crippen molar-refractivity contribution >= 4 is 59.6 Å². The Morgan fingerprint density at radius 1 is 1.19 bits per heavy atom. The van der Waals surface area contributed by atoms with Gasteiger partial charge in [-0.3, -0.25) is 10.1 Å². The molecule has 12 nitrogen and oxygen atoms in total. The van der Waals surface area contributed by atoms with E-state index in [0.717, 1.165) is 19.5 Å². The average Bonchev–Trinajstić information content (AvgIpc) is 3.80. The predicted octanol–water partition coefficient (Wildman–Crippen LogP) is 3.35. The number of pyridine rings is 1. The number of ether oxygens (including phenoxy) is 2. The first kappa shape index (κ1) is 28.6. The molecule has 4 aromatic rings. The van der Waals surface area contributed by atoms with E-state index in [0.29, 0.717) is 45.0 Å². The first-order valence-electron chi connectivity index (χ1n) is 13.3. The highest BCUT2D eigenvalue weighted by atomic mass is 32.2.